The van der Waals surface area contributed by atoms with Crippen LogP contribution < -0.4 is 0 Å². The van der Waals surface area contributed by atoms with Gasteiger partial charge in [-0.05, 0) is 43.8 Å². The Morgan fingerprint density at radius 1 is 1.26 bits per heavy atom. The summed E-state index contributed by atoms with van der Waals surface area (Å²) in [6.45, 7) is 16.8. The number of nitrogens with zero attached hydrogens (tertiary/aromatic N) is 2. The molecule has 0 bridgehead atoms. The van der Waals surface area contributed by atoms with E-state index in [2.05, 4.69) is 52.8 Å². The van der Waals surface area contributed by atoms with Crippen LogP contribution in [0.5, 0.6) is 0 Å². The van der Waals surface area contributed by atoms with Crippen LogP contribution in [0.3, 0.4) is 0 Å². The molecule has 19 heavy (non-hydrogen) atoms. The van der Waals surface area contributed by atoms with Crippen LogP contribution in [0.15, 0.2) is 5.10 Å². The minimum Gasteiger partial charge on any atom is -0.417 e. The van der Waals surface area contributed by atoms with E-state index in [0.717, 1.165) is 19.4 Å². The zero-order valence-electron chi connectivity index (χ0n) is 14.5. The highest BCUT2D eigenvalue weighted by Crippen LogP contribution is 2.36. The lowest BCUT2D eigenvalue weighted by atomic mass is 10.0. The molecule has 0 aliphatic rings. The number of hydrogen-bond donors (Lipinski definition) is 0. The second-order valence-electron chi connectivity index (χ2n) is 7.39. The standard InChI is InChI=1S/C15H34N2OSi/c1-13(12-14(2)16-17(6)7)10-11-18-19(8,9)15(3,4)5/h13H,10-12H2,1-9H3/b16-14+/t13-/m0/s1. The molecule has 0 rings (SSSR count). The Labute approximate surface area is 121 Å². The van der Waals surface area contributed by atoms with Crippen molar-refractivity contribution in [1.82, 2.24) is 5.01 Å². The first-order valence-electron chi connectivity index (χ1n) is 7.31. The molecule has 114 valence electrons. The first-order valence-corrected chi connectivity index (χ1v) is 10.2. The maximum absolute atomic E-state index is 6.22. The molecule has 0 aromatic heterocycles. The Kier molecular flexibility index (Phi) is 7.30. The van der Waals surface area contributed by atoms with E-state index in [1.807, 2.05) is 19.1 Å². The van der Waals surface area contributed by atoms with Crippen LogP contribution >= 0.6 is 0 Å². The van der Waals surface area contributed by atoms with E-state index in [4.69, 9.17) is 4.43 Å². The molecule has 1 atom stereocenters. The average molecular weight is 287 g/mol. The van der Waals surface area contributed by atoms with Gasteiger partial charge in [0.1, 0.15) is 0 Å². The van der Waals surface area contributed by atoms with Crippen molar-refractivity contribution in [2.45, 2.75) is 65.6 Å². The molecular weight excluding hydrogens is 252 g/mol. The van der Waals surface area contributed by atoms with Crippen LogP contribution in [0.2, 0.25) is 18.1 Å². The highest BCUT2D eigenvalue weighted by molar-refractivity contribution is 6.74. The Hall–Kier alpha value is -0.353. The molecule has 0 spiro atoms. The van der Waals surface area contributed by atoms with Gasteiger partial charge in [-0.15, -0.1) is 0 Å². The molecule has 0 unspecified atom stereocenters. The van der Waals surface area contributed by atoms with Crippen LogP contribution in [0.1, 0.15) is 47.5 Å². The molecule has 0 saturated carbocycles. The monoisotopic (exact) mass is 286 g/mol. The van der Waals surface area contributed by atoms with Gasteiger partial charge in [0.05, 0.1) is 0 Å². The zero-order chi connectivity index (χ0) is 15.3. The predicted octanol–water partition coefficient (Wildman–Crippen LogP) is 4.36. The van der Waals surface area contributed by atoms with Gasteiger partial charge in [-0.1, -0.05) is 27.7 Å². The lowest BCUT2D eigenvalue weighted by molar-refractivity contribution is 0.261. The second kappa shape index (κ2) is 7.43. The van der Waals surface area contributed by atoms with Gasteiger partial charge in [-0.2, -0.15) is 5.10 Å². The average Bonchev–Trinajstić information content (AvgIpc) is 2.13. The number of hydrogen-bond acceptors (Lipinski definition) is 3. The Morgan fingerprint density at radius 3 is 2.21 bits per heavy atom. The minimum atomic E-state index is -1.58. The van der Waals surface area contributed by atoms with Gasteiger partial charge in [0.15, 0.2) is 8.32 Å². The topological polar surface area (TPSA) is 24.8 Å². The van der Waals surface area contributed by atoms with Crippen molar-refractivity contribution in [1.29, 1.82) is 0 Å². The second-order valence-corrected chi connectivity index (χ2v) is 12.2. The molecule has 3 nitrogen and oxygen atoms in total. The van der Waals surface area contributed by atoms with Gasteiger partial charge < -0.3 is 9.43 Å². The van der Waals surface area contributed by atoms with E-state index in [1.165, 1.54) is 5.71 Å². The Bertz CT molecular complexity index is 293. The van der Waals surface area contributed by atoms with Crippen molar-refractivity contribution in [3.05, 3.63) is 0 Å². The van der Waals surface area contributed by atoms with Crippen LogP contribution in [0.25, 0.3) is 0 Å². The summed E-state index contributed by atoms with van der Waals surface area (Å²) >= 11 is 0. The molecule has 0 N–H and O–H groups in total. The van der Waals surface area contributed by atoms with Crippen molar-refractivity contribution in [3.63, 3.8) is 0 Å². The van der Waals surface area contributed by atoms with E-state index >= 15 is 0 Å². The van der Waals surface area contributed by atoms with Crippen LogP contribution in [-0.4, -0.2) is 39.7 Å². The van der Waals surface area contributed by atoms with Crippen molar-refractivity contribution in [2.24, 2.45) is 11.0 Å². The van der Waals surface area contributed by atoms with Crippen molar-refractivity contribution < 1.29 is 4.43 Å². The molecule has 0 aromatic carbocycles. The molecule has 0 heterocycles. The van der Waals surface area contributed by atoms with Crippen molar-refractivity contribution >= 4 is 14.0 Å². The summed E-state index contributed by atoms with van der Waals surface area (Å²) in [6.07, 6.45) is 2.17. The van der Waals surface area contributed by atoms with Crippen LogP contribution in [0.4, 0.5) is 0 Å². The summed E-state index contributed by atoms with van der Waals surface area (Å²) in [5.41, 5.74) is 1.20. The number of rotatable bonds is 7. The smallest absolute Gasteiger partial charge is 0.191 e. The fourth-order valence-electron chi connectivity index (χ4n) is 1.72. The van der Waals surface area contributed by atoms with E-state index in [1.54, 1.807) is 0 Å². The largest absolute Gasteiger partial charge is 0.417 e. The maximum atomic E-state index is 6.22. The molecule has 0 radical (unpaired) electrons. The van der Waals surface area contributed by atoms with Gasteiger partial charge in [-0.25, -0.2) is 0 Å². The lowest BCUT2D eigenvalue weighted by Crippen LogP contribution is -2.41. The Balaban J connectivity index is 4.09. The van der Waals surface area contributed by atoms with Gasteiger partial charge in [0.2, 0.25) is 0 Å². The maximum Gasteiger partial charge on any atom is 0.191 e. The molecule has 0 saturated heterocycles. The van der Waals surface area contributed by atoms with Crippen molar-refractivity contribution in [2.75, 3.05) is 20.7 Å². The van der Waals surface area contributed by atoms with Gasteiger partial charge in [-0.3, -0.25) is 0 Å². The fraction of sp³-hybridized carbons (Fsp3) is 0.933. The van der Waals surface area contributed by atoms with E-state index < -0.39 is 8.32 Å². The normalized spacial score (nSPS) is 15.5. The first kappa shape index (κ1) is 18.6. The van der Waals surface area contributed by atoms with Crippen LogP contribution in [-0.2, 0) is 4.43 Å². The molecular formula is C15H34N2OSi. The summed E-state index contributed by atoms with van der Waals surface area (Å²) in [5, 5.41) is 6.60. The minimum absolute atomic E-state index is 0.304. The fourth-order valence-corrected chi connectivity index (χ4v) is 2.78. The lowest BCUT2D eigenvalue weighted by Gasteiger charge is -2.36. The van der Waals surface area contributed by atoms with E-state index in [0.29, 0.717) is 11.0 Å². The summed E-state index contributed by atoms with van der Waals surface area (Å²) in [5.74, 6) is 0.633. The third-order valence-corrected chi connectivity index (χ3v) is 8.43. The highest BCUT2D eigenvalue weighted by atomic mass is 28.4. The highest BCUT2D eigenvalue weighted by Gasteiger charge is 2.36. The SMILES string of the molecule is C/C(C[C@@H](C)CCO[Si](C)(C)C(C)(C)C)=N\N(C)C. The molecule has 0 aliphatic carbocycles. The van der Waals surface area contributed by atoms with Gasteiger partial charge in [0.25, 0.3) is 0 Å². The summed E-state index contributed by atoms with van der Waals surface area (Å²) in [4.78, 5) is 0. The molecule has 0 aromatic rings. The van der Waals surface area contributed by atoms with Crippen LogP contribution in [0, 0.1) is 5.92 Å². The third kappa shape index (κ3) is 7.73. The number of hydrazone groups is 1. The summed E-state index contributed by atoms with van der Waals surface area (Å²) in [6, 6.07) is 0. The zero-order valence-corrected chi connectivity index (χ0v) is 15.5. The van der Waals surface area contributed by atoms with Gasteiger partial charge in [0, 0.05) is 26.4 Å². The summed E-state index contributed by atoms with van der Waals surface area (Å²) in [7, 11) is 2.36. The molecule has 0 amide bonds. The predicted molar refractivity (Wildman–Crippen MR) is 88.3 cm³/mol. The molecule has 0 fully saturated rings. The van der Waals surface area contributed by atoms with Gasteiger partial charge >= 0.3 is 0 Å². The van der Waals surface area contributed by atoms with Crippen molar-refractivity contribution in [3.8, 4) is 0 Å². The quantitative estimate of drug-likeness (QED) is 0.394. The first-order chi connectivity index (χ1) is 8.45. The summed E-state index contributed by atoms with van der Waals surface area (Å²) < 4.78 is 6.22. The van der Waals surface area contributed by atoms with E-state index in [-0.39, 0.29) is 0 Å². The third-order valence-electron chi connectivity index (χ3n) is 3.89. The molecule has 0 aliphatic heterocycles. The molecule has 4 heteroatoms. The Morgan fingerprint density at radius 2 is 1.79 bits per heavy atom. The van der Waals surface area contributed by atoms with E-state index in [9.17, 15) is 0 Å².